The lowest BCUT2D eigenvalue weighted by Gasteiger charge is -2.10. The molecule has 0 fully saturated rings. The summed E-state index contributed by atoms with van der Waals surface area (Å²) in [6.45, 7) is 0.815. The third-order valence-electron chi connectivity index (χ3n) is 1.67. The zero-order chi connectivity index (χ0) is 6.81. The van der Waals surface area contributed by atoms with Gasteiger partial charge in [0, 0.05) is 12.8 Å². The van der Waals surface area contributed by atoms with Crippen LogP contribution in [0.15, 0.2) is 18.1 Å². The predicted molar refractivity (Wildman–Crippen MR) is 36.0 cm³/mol. The molecule has 0 spiro atoms. The van der Waals surface area contributed by atoms with Crippen LogP contribution in [0.5, 0.6) is 0 Å². The maximum Gasteiger partial charge on any atom is 0.158 e. The van der Waals surface area contributed by atoms with Crippen LogP contribution in [0, 0.1) is 6.08 Å². The van der Waals surface area contributed by atoms with E-state index in [9.17, 15) is 0 Å². The molecule has 1 radical (unpaired) electrons. The molecule has 0 saturated heterocycles. The van der Waals surface area contributed by atoms with E-state index < -0.39 is 0 Å². The summed E-state index contributed by atoms with van der Waals surface area (Å²) in [5.74, 6) is 0.987. The van der Waals surface area contributed by atoms with Crippen molar-refractivity contribution in [1.29, 1.82) is 0 Å². The van der Waals surface area contributed by atoms with E-state index in [0.29, 0.717) is 0 Å². The average Bonchev–Trinajstić information content (AvgIpc) is 2.59. The van der Waals surface area contributed by atoms with Gasteiger partial charge in [0.1, 0.15) is 5.76 Å². The van der Waals surface area contributed by atoms with Crippen molar-refractivity contribution < 1.29 is 9.47 Å². The zero-order valence-corrected chi connectivity index (χ0v) is 5.67. The Labute approximate surface area is 60.1 Å². The molecule has 0 bridgehead atoms. The first-order chi connectivity index (χ1) is 4.97. The number of hydrogen-bond donors (Lipinski definition) is 0. The molecule has 0 aliphatic carbocycles. The van der Waals surface area contributed by atoms with E-state index in [-0.39, 0.29) is 6.10 Å². The average molecular weight is 137 g/mol. The van der Waals surface area contributed by atoms with Gasteiger partial charge in [0.15, 0.2) is 6.10 Å². The van der Waals surface area contributed by atoms with Crippen LogP contribution in [0.25, 0.3) is 0 Å². The standard InChI is InChI=1S/C8H9O2/c1-3-7(9-5-1)8-4-2-6-10-8/h3,6,8H,1,4-5H2. The van der Waals surface area contributed by atoms with Gasteiger partial charge in [-0.25, -0.2) is 0 Å². The fourth-order valence-electron chi connectivity index (χ4n) is 1.16. The van der Waals surface area contributed by atoms with Crippen molar-refractivity contribution in [2.24, 2.45) is 0 Å². The van der Waals surface area contributed by atoms with Crippen LogP contribution >= 0.6 is 0 Å². The SMILES string of the molecule is [C]1=COC(C2=CCCO2)C1. The molecule has 0 aromatic rings. The van der Waals surface area contributed by atoms with Gasteiger partial charge in [0.2, 0.25) is 0 Å². The molecule has 2 aliphatic heterocycles. The van der Waals surface area contributed by atoms with Crippen molar-refractivity contribution in [3.8, 4) is 0 Å². The summed E-state index contributed by atoms with van der Waals surface area (Å²) in [7, 11) is 0. The van der Waals surface area contributed by atoms with Crippen LogP contribution in [-0.4, -0.2) is 12.7 Å². The van der Waals surface area contributed by atoms with Crippen molar-refractivity contribution in [2.45, 2.75) is 18.9 Å². The van der Waals surface area contributed by atoms with Gasteiger partial charge in [0.25, 0.3) is 0 Å². The quantitative estimate of drug-likeness (QED) is 0.543. The fourth-order valence-corrected chi connectivity index (χ4v) is 1.16. The van der Waals surface area contributed by atoms with Gasteiger partial charge in [-0.3, -0.25) is 0 Å². The van der Waals surface area contributed by atoms with Crippen LogP contribution < -0.4 is 0 Å². The van der Waals surface area contributed by atoms with E-state index in [1.54, 1.807) is 6.26 Å². The maximum absolute atomic E-state index is 5.31. The topological polar surface area (TPSA) is 18.5 Å². The second-order valence-corrected chi connectivity index (χ2v) is 2.39. The molecule has 0 aromatic carbocycles. The summed E-state index contributed by atoms with van der Waals surface area (Å²) in [6, 6.07) is 0. The Morgan fingerprint density at radius 1 is 1.60 bits per heavy atom. The molecule has 0 saturated carbocycles. The largest absolute Gasteiger partial charge is 0.494 e. The van der Waals surface area contributed by atoms with E-state index in [4.69, 9.17) is 9.47 Å². The Kier molecular flexibility index (Phi) is 1.38. The number of ether oxygens (including phenoxy) is 2. The van der Waals surface area contributed by atoms with Gasteiger partial charge in [0.05, 0.1) is 12.9 Å². The first-order valence-corrected chi connectivity index (χ1v) is 3.50. The molecule has 0 amide bonds. The molecular formula is C8H9O2. The summed E-state index contributed by atoms with van der Waals surface area (Å²) in [5, 5.41) is 0. The summed E-state index contributed by atoms with van der Waals surface area (Å²) < 4.78 is 10.5. The van der Waals surface area contributed by atoms with E-state index in [1.165, 1.54) is 0 Å². The second kappa shape index (κ2) is 2.37. The van der Waals surface area contributed by atoms with Crippen molar-refractivity contribution >= 4 is 0 Å². The monoisotopic (exact) mass is 137 g/mol. The van der Waals surface area contributed by atoms with Gasteiger partial charge >= 0.3 is 0 Å². The molecule has 2 nitrogen and oxygen atoms in total. The molecule has 0 N–H and O–H groups in total. The first kappa shape index (κ1) is 5.83. The smallest absolute Gasteiger partial charge is 0.158 e. The molecule has 2 heteroatoms. The minimum absolute atomic E-state index is 0.127. The second-order valence-electron chi connectivity index (χ2n) is 2.39. The minimum Gasteiger partial charge on any atom is -0.494 e. The lowest BCUT2D eigenvalue weighted by Crippen LogP contribution is -2.08. The fraction of sp³-hybridized carbons (Fsp3) is 0.500. The highest BCUT2D eigenvalue weighted by molar-refractivity contribution is 5.07. The summed E-state index contributed by atoms with van der Waals surface area (Å²) >= 11 is 0. The van der Waals surface area contributed by atoms with E-state index in [0.717, 1.165) is 25.2 Å². The Hall–Kier alpha value is -0.920. The van der Waals surface area contributed by atoms with Crippen molar-refractivity contribution in [1.82, 2.24) is 0 Å². The van der Waals surface area contributed by atoms with Gasteiger partial charge in [-0.1, -0.05) is 0 Å². The van der Waals surface area contributed by atoms with Crippen molar-refractivity contribution in [2.75, 3.05) is 6.61 Å². The first-order valence-electron chi connectivity index (χ1n) is 3.50. The highest BCUT2D eigenvalue weighted by atomic mass is 16.5. The predicted octanol–water partition coefficient (Wildman–Crippen LogP) is 1.40. The Balaban J connectivity index is 1.99. The molecule has 10 heavy (non-hydrogen) atoms. The highest BCUT2D eigenvalue weighted by Gasteiger charge is 2.20. The molecule has 0 aromatic heterocycles. The van der Waals surface area contributed by atoms with Gasteiger partial charge < -0.3 is 9.47 Å². The Bertz CT molecular complexity index is 174. The van der Waals surface area contributed by atoms with Gasteiger partial charge in [-0.05, 0) is 12.2 Å². The maximum atomic E-state index is 5.31. The number of hydrogen-bond acceptors (Lipinski definition) is 2. The normalized spacial score (nSPS) is 29.6. The third-order valence-corrected chi connectivity index (χ3v) is 1.67. The van der Waals surface area contributed by atoms with Gasteiger partial charge in [-0.15, -0.1) is 0 Å². The van der Waals surface area contributed by atoms with Crippen LogP contribution in [0.3, 0.4) is 0 Å². The third kappa shape index (κ3) is 0.897. The molecule has 1 atom stereocenters. The van der Waals surface area contributed by atoms with Crippen LogP contribution in [0.2, 0.25) is 0 Å². The van der Waals surface area contributed by atoms with Crippen molar-refractivity contribution in [3.05, 3.63) is 24.2 Å². The highest BCUT2D eigenvalue weighted by Crippen LogP contribution is 2.21. The summed E-state index contributed by atoms with van der Waals surface area (Å²) in [6.07, 6.45) is 8.68. The van der Waals surface area contributed by atoms with Gasteiger partial charge in [-0.2, -0.15) is 0 Å². The minimum atomic E-state index is 0.127. The molecule has 2 heterocycles. The lowest BCUT2D eigenvalue weighted by atomic mass is 10.2. The van der Waals surface area contributed by atoms with Crippen LogP contribution in [-0.2, 0) is 9.47 Å². The molecule has 1 unspecified atom stereocenters. The molecule has 2 rings (SSSR count). The Morgan fingerprint density at radius 3 is 3.20 bits per heavy atom. The lowest BCUT2D eigenvalue weighted by molar-refractivity contribution is 0.118. The Morgan fingerprint density at radius 2 is 2.60 bits per heavy atom. The molecule has 2 aliphatic rings. The summed E-state index contributed by atoms with van der Waals surface area (Å²) in [4.78, 5) is 0. The number of rotatable bonds is 1. The van der Waals surface area contributed by atoms with E-state index in [2.05, 4.69) is 12.2 Å². The van der Waals surface area contributed by atoms with Crippen LogP contribution in [0.1, 0.15) is 12.8 Å². The molecular weight excluding hydrogens is 128 g/mol. The van der Waals surface area contributed by atoms with E-state index >= 15 is 0 Å². The van der Waals surface area contributed by atoms with Crippen LogP contribution in [0.4, 0.5) is 0 Å². The zero-order valence-electron chi connectivity index (χ0n) is 5.67. The molecule has 53 valence electrons. The van der Waals surface area contributed by atoms with E-state index in [1.807, 2.05) is 0 Å². The summed E-state index contributed by atoms with van der Waals surface area (Å²) in [5.41, 5.74) is 0. The van der Waals surface area contributed by atoms with Crippen molar-refractivity contribution in [3.63, 3.8) is 0 Å².